The summed E-state index contributed by atoms with van der Waals surface area (Å²) >= 11 is 0. The molecule has 0 aliphatic carbocycles. The van der Waals surface area contributed by atoms with Crippen LogP contribution in [-0.2, 0) is 0 Å². The van der Waals surface area contributed by atoms with E-state index in [1.165, 1.54) is 19.2 Å². The van der Waals surface area contributed by atoms with Gasteiger partial charge in [-0.05, 0) is 33.4 Å². The molecule has 0 spiro atoms. The first-order valence-corrected chi connectivity index (χ1v) is 5.94. The van der Waals surface area contributed by atoms with Gasteiger partial charge in [0.05, 0.1) is 0 Å². The van der Waals surface area contributed by atoms with Crippen molar-refractivity contribution in [1.82, 2.24) is 14.2 Å². The third-order valence-corrected chi connectivity index (χ3v) is 3.37. The van der Waals surface area contributed by atoms with Gasteiger partial charge in [-0.1, -0.05) is 26.7 Å². The number of hydrogen-bond donors (Lipinski definition) is 0. The minimum atomic E-state index is 0.520. The summed E-state index contributed by atoms with van der Waals surface area (Å²) in [4.78, 5) is 0. The van der Waals surface area contributed by atoms with Crippen LogP contribution in [0.25, 0.3) is 0 Å². The molecule has 0 saturated carbocycles. The monoisotopic (exact) mass is 205 g/mol. The zero-order valence-corrected chi connectivity index (χ0v) is 10.8. The lowest BCUT2D eigenvalue weighted by molar-refractivity contribution is 0.496. The van der Waals surface area contributed by atoms with Gasteiger partial charge in [-0.2, -0.15) is 0 Å². The summed E-state index contributed by atoms with van der Waals surface area (Å²) in [6.07, 6.45) is 3.82. The van der Waals surface area contributed by atoms with E-state index in [4.69, 9.17) is 0 Å². The van der Waals surface area contributed by atoms with Crippen LogP contribution in [0.15, 0.2) is 0 Å². The zero-order chi connectivity index (χ0) is 11.4. The zero-order valence-electron chi connectivity index (χ0n) is 10.8. The molecule has 1 fully saturated rings. The molecule has 0 unspecified atom stereocenters. The second-order valence-corrected chi connectivity index (χ2v) is 4.63. The first-order valence-electron chi connectivity index (χ1n) is 5.94. The lowest BCUT2D eigenvalue weighted by atomic mass is 9.54. The first-order chi connectivity index (χ1) is 7.08. The Morgan fingerprint density at radius 2 is 1.47 bits per heavy atom. The van der Waals surface area contributed by atoms with Gasteiger partial charge in [0.15, 0.2) is 0 Å². The standard InChI is InChI=1S/C9H22B3N3/c1-6-9(7-2)8-12-14(4)10-13(3)11-15(12)5/h9H,6-8H2,1-5H3. The van der Waals surface area contributed by atoms with Crippen molar-refractivity contribution in [3.05, 3.63) is 0 Å². The van der Waals surface area contributed by atoms with Gasteiger partial charge < -0.3 is 14.2 Å². The number of nitrogens with zero attached hydrogens (tertiary/aromatic N) is 3. The Hall–Kier alpha value is 0.0748. The van der Waals surface area contributed by atoms with Gasteiger partial charge >= 0.3 is 0 Å². The molecular weight excluding hydrogens is 183 g/mol. The molecule has 0 aromatic rings. The predicted octanol–water partition coefficient (Wildman–Crippen LogP) is 0.788. The molecule has 3 nitrogen and oxygen atoms in total. The second kappa shape index (κ2) is 5.97. The highest BCUT2D eigenvalue weighted by Crippen LogP contribution is 2.19. The number of hydrogen-bond acceptors (Lipinski definition) is 3. The lowest BCUT2D eigenvalue weighted by Gasteiger charge is -2.42. The molecule has 1 saturated heterocycles. The highest BCUT2D eigenvalue weighted by molar-refractivity contribution is 6.74. The SMILES string of the molecule is CCC(CC)CB1N(C)[B]N(C)[B]N1C. The lowest BCUT2D eigenvalue weighted by Crippen LogP contribution is -2.64. The Morgan fingerprint density at radius 3 is 1.87 bits per heavy atom. The molecule has 0 aromatic heterocycles. The molecule has 1 aliphatic rings. The van der Waals surface area contributed by atoms with Gasteiger partial charge in [0.2, 0.25) is 0 Å². The second-order valence-electron chi connectivity index (χ2n) is 4.63. The smallest absolute Gasteiger partial charge is 0.290 e. The topological polar surface area (TPSA) is 9.72 Å². The van der Waals surface area contributed by atoms with Crippen LogP contribution in [0, 0.1) is 5.92 Å². The molecule has 2 radical (unpaired) electrons. The summed E-state index contributed by atoms with van der Waals surface area (Å²) in [7, 11) is 10.7. The third kappa shape index (κ3) is 3.54. The highest BCUT2D eigenvalue weighted by Gasteiger charge is 2.34. The Labute approximate surface area is 96.9 Å². The largest absolute Gasteiger partial charge is 0.367 e. The van der Waals surface area contributed by atoms with Crippen LogP contribution in [0.2, 0.25) is 6.32 Å². The van der Waals surface area contributed by atoms with Crippen LogP contribution >= 0.6 is 0 Å². The van der Waals surface area contributed by atoms with Crippen LogP contribution in [-0.4, -0.2) is 57.4 Å². The van der Waals surface area contributed by atoms with E-state index in [1.54, 1.807) is 0 Å². The minimum absolute atomic E-state index is 0.520. The van der Waals surface area contributed by atoms with Crippen molar-refractivity contribution >= 4 is 22.1 Å². The molecule has 1 heterocycles. The van der Waals surface area contributed by atoms with E-state index in [0.717, 1.165) is 5.92 Å². The van der Waals surface area contributed by atoms with Gasteiger partial charge in [-0.15, -0.1) is 0 Å². The summed E-state index contributed by atoms with van der Waals surface area (Å²) in [5.41, 5.74) is 0. The summed E-state index contributed by atoms with van der Waals surface area (Å²) in [6, 6.07) is 0. The van der Waals surface area contributed by atoms with Crippen LogP contribution in [0.3, 0.4) is 0 Å². The molecule has 82 valence electrons. The maximum atomic E-state index is 2.30. The summed E-state index contributed by atoms with van der Waals surface area (Å²) in [6.45, 7) is 5.10. The third-order valence-electron chi connectivity index (χ3n) is 3.37. The Kier molecular flexibility index (Phi) is 5.23. The van der Waals surface area contributed by atoms with Gasteiger partial charge in [-0.3, -0.25) is 0 Å². The van der Waals surface area contributed by atoms with Gasteiger partial charge in [0, 0.05) is 0 Å². The van der Waals surface area contributed by atoms with E-state index in [-0.39, 0.29) is 0 Å². The molecule has 0 N–H and O–H groups in total. The molecule has 0 amide bonds. The normalized spacial score (nSPS) is 20.5. The fourth-order valence-corrected chi connectivity index (χ4v) is 2.30. The van der Waals surface area contributed by atoms with E-state index in [0.29, 0.717) is 6.98 Å². The van der Waals surface area contributed by atoms with Crippen molar-refractivity contribution < 1.29 is 0 Å². The van der Waals surface area contributed by atoms with Crippen molar-refractivity contribution in [2.45, 2.75) is 33.0 Å². The van der Waals surface area contributed by atoms with Gasteiger partial charge in [0.1, 0.15) is 0 Å². The molecule has 1 rings (SSSR count). The summed E-state index contributed by atoms with van der Waals surface area (Å²) in [5.74, 6) is 0.838. The quantitative estimate of drug-likeness (QED) is 0.627. The first kappa shape index (κ1) is 13.1. The summed E-state index contributed by atoms with van der Waals surface area (Å²) < 4.78 is 6.71. The van der Waals surface area contributed by atoms with E-state index < -0.39 is 0 Å². The average Bonchev–Trinajstić information content (AvgIpc) is 2.17. The van der Waals surface area contributed by atoms with E-state index in [9.17, 15) is 0 Å². The molecule has 0 atom stereocenters. The van der Waals surface area contributed by atoms with Crippen molar-refractivity contribution in [3.8, 4) is 0 Å². The molecule has 6 heteroatoms. The summed E-state index contributed by atoms with van der Waals surface area (Å²) in [5, 5.41) is 0. The van der Waals surface area contributed by atoms with Crippen LogP contribution in [0.5, 0.6) is 0 Å². The van der Waals surface area contributed by atoms with Crippen LogP contribution in [0.1, 0.15) is 26.7 Å². The van der Waals surface area contributed by atoms with E-state index in [1.807, 2.05) is 0 Å². The Bertz CT molecular complexity index is 177. The Balaban J connectivity index is 2.51. The van der Waals surface area contributed by atoms with Crippen LogP contribution in [0.4, 0.5) is 0 Å². The van der Waals surface area contributed by atoms with E-state index in [2.05, 4.69) is 64.3 Å². The average molecular weight is 205 g/mol. The molecular formula is C9H22B3N3. The van der Waals surface area contributed by atoms with Crippen molar-refractivity contribution in [2.75, 3.05) is 21.1 Å². The maximum Gasteiger partial charge on any atom is 0.290 e. The van der Waals surface area contributed by atoms with Crippen molar-refractivity contribution in [2.24, 2.45) is 5.92 Å². The molecule has 1 aliphatic heterocycles. The minimum Gasteiger partial charge on any atom is -0.367 e. The molecule has 0 aromatic carbocycles. The predicted molar refractivity (Wildman–Crippen MR) is 69.4 cm³/mol. The van der Waals surface area contributed by atoms with Crippen molar-refractivity contribution in [3.63, 3.8) is 0 Å². The van der Waals surface area contributed by atoms with Gasteiger partial charge in [0.25, 0.3) is 22.1 Å². The Morgan fingerprint density at radius 1 is 1.00 bits per heavy atom. The fourth-order valence-electron chi connectivity index (χ4n) is 2.30. The van der Waals surface area contributed by atoms with Crippen molar-refractivity contribution in [1.29, 1.82) is 0 Å². The van der Waals surface area contributed by atoms with Gasteiger partial charge in [-0.25, -0.2) is 0 Å². The molecule has 15 heavy (non-hydrogen) atoms. The van der Waals surface area contributed by atoms with Crippen LogP contribution < -0.4 is 0 Å². The number of rotatable bonds is 4. The fraction of sp³-hybridized carbons (Fsp3) is 1.00. The van der Waals surface area contributed by atoms with E-state index >= 15 is 0 Å². The highest BCUT2D eigenvalue weighted by atomic mass is 15.3. The maximum absolute atomic E-state index is 2.30. The molecule has 0 bridgehead atoms.